The fourth-order valence-corrected chi connectivity index (χ4v) is 2.47. The Morgan fingerprint density at radius 1 is 1.04 bits per heavy atom. The first-order valence-corrected chi connectivity index (χ1v) is 8.32. The molecule has 1 atom stereocenters. The molecule has 0 aliphatic rings. The van der Waals surface area contributed by atoms with Crippen LogP contribution in [0.5, 0.6) is 0 Å². The number of nitriles is 1. The molecule has 0 heterocycles. The van der Waals surface area contributed by atoms with Crippen LogP contribution < -0.4 is 10.6 Å². The SMILES string of the molecule is N#CCNC(=O)C(Cc1ccccc1)NC(=O)c1ccc(CCl)cc1. The summed E-state index contributed by atoms with van der Waals surface area (Å²) in [6.45, 7) is -0.107. The van der Waals surface area contributed by atoms with Crippen LogP contribution in [0.4, 0.5) is 0 Å². The fraction of sp³-hybridized carbons (Fsp3) is 0.211. The van der Waals surface area contributed by atoms with Crippen molar-refractivity contribution in [1.82, 2.24) is 10.6 Å². The average molecular weight is 356 g/mol. The summed E-state index contributed by atoms with van der Waals surface area (Å²) < 4.78 is 0. The number of alkyl halides is 1. The molecule has 2 rings (SSSR count). The lowest BCUT2D eigenvalue weighted by atomic mass is 10.0. The van der Waals surface area contributed by atoms with Gasteiger partial charge in [0.1, 0.15) is 12.6 Å². The van der Waals surface area contributed by atoms with Gasteiger partial charge in [0.05, 0.1) is 6.07 Å². The molecule has 0 bridgehead atoms. The van der Waals surface area contributed by atoms with Crippen LogP contribution in [-0.2, 0) is 17.1 Å². The predicted molar refractivity (Wildman–Crippen MR) is 96.0 cm³/mol. The van der Waals surface area contributed by atoms with Crippen molar-refractivity contribution >= 4 is 23.4 Å². The van der Waals surface area contributed by atoms with Gasteiger partial charge in [0.15, 0.2) is 0 Å². The minimum atomic E-state index is -0.768. The molecule has 2 aromatic rings. The molecule has 0 aromatic heterocycles. The van der Waals surface area contributed by atoms with Crippen molar-refractivity contribution in [2.45, 2.75) is 18.3 Å². The molecule has 0 fully saturated rings. The van der Waals surface area contributed by atoms with E-state index in [1.807, 2.05) is 36.4 Å². The van der Waals surface area contributed by atoms with Crippen molar-refractivity contribution in [2.24, 2.45) is 0 Å². The summed E-state index contributed by atoms with van der Waals surface area (Å²) in [5.74, 6) is -0.375. The molecule has 2 aromatic carbocycles. The van der Waals surface area contributed by atoms with Gasteiger partial charge in [-0.1, -0.05) is 42.5 Å². The lowest BCUT2D eigenvalue weighted by Gasteiger charge is -2.18. The number of amides is 2. The number of nitrogens with zero attached hydrogens (tertiary/aromatic N) is 1. The van der Waals surface area contributed by atoms with E-state index in [9.17, 15) is 9.59 Å². The number of benzene rings is 2. The van der Waals surface area contributed by atoms with Gasteiger partial charge in [-0.25, -0.2) is 0 Å². The van der Waals surface area contributed by atoms with E-state index in [1.54, 1.807) is 24.3 Å². The second-order valence-corrected chi connectivity index (χ2v) is 5.69. The standard InChI is InChI=1S/C19H18ClN3O2/c20-13-15-6-8-16(9-7-15)18(24)23-17(19(25)22-11-10-21)12-14-4-2-1-3-5-14/h1-9,17H,11-13H2,(H,22,25)(H,23,24). The first kappa shape index (κ1) is 18.5. The summed E-state index contributed by atoms with van der Waals surface area (Å²) in [6, 6.07) is 17.3. The molecule has 25 heavy (non-hydrogen) atoms. The van der Waals surface area contributed by atoms with E-state index in [-0.39, 0.29) is 12.5 Å². The van der Waals surface area contributed by atoms with Crippen LogP contribution in [0.2, 0.25) is 0 Å². The number of carbonyl (C=O) groups excluding carboxylic acids is 2. The van der Waals surface area contributed by atoms with E-state index >= 15 is 0 Å². The first-order valence-electron chi connectivity index (χ1n) is 7.78. The summed E-state index contributed by atoms with van der Waals surface area (Å²) in [7, 11) is 0. The van der Waals surface area contributed by atoms with Gasteiger partial charge in [-0.15, -0.1) is 11.6 Å². The zero-order valence-electron chi connectivity index (χ0n) is 13.5. The Kier molecular flexibility index (Phi) is 7.00. The monoisotopic (exact) mass is 355 g/mol. The molecule has 0 aliphatic carbocycles. The van der Waals surface area contributed by atoms with Crippen molar-refractivity contribution in [3.05, 3.63) is 71.3 Å². The molecule has 0 spiro atoms. The van der Waals surface area contributed by atoms with Crippen LogP contribution in [0.1, 0.15) is 21.5 Å². The highest BCUT2D eigenvalue weighted by molar-refractivity contribution is 6.17. The summed E-state index contributed by atoms with van der Waals surface area (Å²) in [6.07, 6.45) is 0.337. The molecule has 2 amide bonds. The van der Waals surface area contributed by atoms with Gasteiger partial charge in [-0.2, -0.15) is 5.26 Å². The van der Waals surface area contributed by atoms with Crippen LogP contribution in [0, 0.1) is 11.3 Å². The van der Waals surface area contributed by atoms with Gasteiger partial charge < -0.3 is 10.6 Å². The third-order valence-electron chi connectivity index (χ3n) is 3.62. The Morgan fingerprint density at radius 3 is 2.32 bits per heavy atom. The fourth-order valence-electron chi connectivity index (χ4n) is 2.30. The summed E-state index contributed by atoms with van der Waals surface area (Å²) in [4.78, 5) is 24.7. The Balaban J connectivity index is 2.12. The van der Waals surface area contributed by atoms with E-state index in [4.69, 9.17) is 16.9 Å². The molecule has 0 saturated carbocycles. The maximum Gasteiger partial charge on any atom is 0.251 e. The average Bonchev–Trinajstić information content (AvgIpc) is 2.66. The topological polar surface area (TPSA) is 82.0 Å². The number of rotatable bonds is 7. The summed E-state index contributed by atoms with van der Waals surface area (Å²) in [5.41, 5.74) is 2.27. The quantitative estimate of drug-likeness (QED) is 0.591. The summed E-state index contributed by atoms with van der Waals surface area (Å²) in [5, 5.41) is 13.9. The predicted octanol–water partition coefficient (Wildman–Crippen LogP) is 2.41. The molecular formula is C19H18ClN3O2. The number of halogens is 1. The van der Waals surface area contributed by atoms with Crippen molar-refractivity contribution in [3.8, 4) is 6.07 Å². The third-order valence-corrected chi connectivity index (χ3v) is 3.93. The normalized spacial score (nSPS) is 11.2. The van der Waals surface area contributed by atoms with E-state index in [0.717, 1.165) is 11.1 Å². The smallest absolute Gasteiger partial charge is 0.251 e. The number of nitrogens with one attached hydrogen (secondary N) is 2. The molecule has 5 nitrogen and oxygen atoms in total. The maximum atomic E-state index is 12.4. The van der Waals surface area contributed by atoms with Crippen LogP contribution in [0.3, 0.4) is 0 Å². The van der Waals surface area contributed by atoms with Crippen molar-refractivity contribution in [3.63, 3.8) is 0 Å². The highest BCUT2D eigenvalue weighted by atomic mass is 35.5. The van der Waals surface area contributed by atoms with Crippen molar-refractivity contribution in [1.29, 1.82) is 5.26 Å². The van der Waals surface area contributed by atoms with E-state index < -0.39 is 11.9 Å². The Hall–Kier alpha value is -2.84. The number of hydrogen-bond acceptors (Lipinski definition) is 3. The number of carbonyl (C=O) groups is 2. The minimum Gasteiger partial charge on any atom is -0.341 e. The lowest BCUT2D eigenvalue weighted by molar-refractivity contribution is -0.122. The van der Waals surface area contributed by atoms with E-state index in [0.29, 0.717) is 17.9 Å². The molecule has 0 radical (unpaired) electrons. The van der Waals surface area contributed by atoms with Gasteiger partial charge in [-0.3, -0.25) is 9.59 Å². The van der Waals surface area contributed by atoms with Gasteiger partial charge in [0.25, 0.3) is 5.91 Å². The molecule has 2 N–H and O–H groups in total. The van der Waals surface area contributed by atoms with Gasteiger partial charge in [0, 0.05) is 17.9 Å². The molecule has 0 saturated heterocycles. The van der Waals surface area contributed by atoms with Crippen molar-refractivity contribution < 1.29 is 9.59 Å². The van der Waals surface area contributed by atoms with Gasteiger partial charge in [0.2, 0.25) is 5.91 Å². The largest absolute Gasteiger partial charge is 0.341 e. The van der Waals surface area contributed by atoms with E-state index in [2.05, 4.69) is 10.6 Å². The number of hydrogen-bond donors (Lipinski definition) is 2. The molecule has 128 valence electrons. The molecule has 6 heteroatoms. The second kappa shape index (κ2) is 9.45. The molecule has 0 aliphatic heterocycles. The Bertz CT molecular complexity index is 754. The molecule has 1 unspecified atom stereocenters. The van der Waals surface area contributed by atoms with Crippen LogP contribution in [0.25, 0.3) is 0 Å². The highest BCUT2D eigenvalue weighted by Crippen LogP contribution is 2.09. The lowest BCUT2D eigenvalue weighted by Crippen LogP contribution is -2.48. The van der Waals surface area contributed by atoms with Crippen molar-refractivity contribution in [2.75, 3.05) is 6.54 Å². The van der Waals surface area contributed by atoms with Crippen LogP contribution in [-0.4, -0.2) is 24.4 Å². The Labute approximate surface area is 151 Å². The first-order chi connectivity index (χ1) is 12.1. The highest BCUT2D eigenvalue weighted by Gasteiger charge is 2.21. The van der Waals surface area contributed by atoms with E-state index in [1.165, 1.54) is 0 Å². The maximum absolute atomic E-state index is 12.4. The molecular weight excluding hydrogens is 338 g/mol. The third kappa shape index (κ3) is 5.63. The van der Waals surface area contributed by atoms with Crippen LogP contribution in [0.15, 0.2) is 54.6 Å². The zero-order valence-corrected chi connectivity index (χ0v) is 14.3. The second-order valence-electron chi connectivity index (χ2n) is 5.42. The van der Waals surface area contributed by atoms with Gasteiger partial charge >= 0.3 is 0 Å². The minimum absolute atomic E-state index is 0.107. The summed E-state index contributed by atoms with van der Waals surface area (Å²) >= 11 is 5.74. The van der Waals surface area contributed by atoms with Crippen LogP contribution >= 0.6 is 11.6 Å². The zero-order chi connectivity index (χ0) is 18.1. The Morgan fingerprint density at radius 2 is 1.72 bits per heavy atom. The van der Waals surface area contributed by atoms with Gasteiger partial charge in [-0.05, 0) is 23.3 Å².